The van der Waals surface area contributed by atoms with E-state index >= 15 is 0 Å². The summed E-state index contributed by atoms with van der Waals surface area (Å²) in [6, 6.07) is 8.35. The van der Waals surface area contributed by atoms with Gasteiger partial charge in [0.15, 0.2) is 0 Å². The maximum Gasteiger partial charge on any atom is 0.122 e. The van der Waals surface area contributed by atoms with Gasteiger partial charge in [-0.2, -0.15) is 0 Å². The molecule has 0 spiro atoms. The number of nitrogens with zero attached hydrogens (tertiary/aromatic N) is 2. The van der Waals surface area contributed by atoms with Gasteiger partial charge < -0.3 is 9.73 Å². The van der Waals surface area contributed by atoms with Gasteiger partial charge in [0, 0.05) is 25.5 Å². The standard InChI is InChI=1S/C16H23N3O/c1-3-19(4-2)15(16-6-5-11-20-16)13-18-12-14-7-9-17-10-8-14/h5-11,15,18H,3-4,12-13H2,1-2H3. The van der Waals surface area contributed by atoms with Gasteiger partial charge in [-0.25, -0.2) is 0 Å². The molecule has 0 radical (unpaired) electrons. The number of aromatic nitrogens is 1. The smallest absolute Gasteiger partial charge is 0.122 e. The highest BCUT2D eigenvalue weighted by Crippen LogP contribution is 2.20. The van der Waals surface area contributed by atoms with Crippen LogP contribution in [0.25, 0.3) is 0 Å². The summed E-state index contributed by atoms with van der Waals surface area (Å²) in [6.45, 7) is 8.11. The summed E-state index contributed by atoms with van der Waals surface area (Å²) in [5, 5.41) is 3.51. The zero-order chi connectivity index (χ0) is 14.2. The predicted molar refractivity (Wildman–Crippen MR) is 80.3 cm³/mol. The van der Waals surface area contributed by atoms with Crippen molar-refractivity contribution in [2.75, 3.05) is 19.6 Å². The minimum Gasteiger partial charge on any atom is -0.468 e. The number of nitrogens with one attached hydrogen (secondary N) is 1. The van der Waals surface area contributed by atoms with Crippen molar-refractivity contribution in [1.82, 2.24) is 15.2 Å². The third kappa shape index (κ3) is 3.92. The molecule has 2 rings (SSSR count). The lowest BCUT2D eigenvalue weighted by atomic mass is 10.1. The first-order chi connectivity index (χ1) is 9.85. The highest BCUT2D eigenvalue weighted by molar-refractivity contribution is 5.10. The van der Waals surface area contributed by atoms with Crippen molar-refractivity contribution in [2.45, 2.75) is 26.4 Å². The van der Waals surface area contributed by atoms with E-state index in [0.717, 1.165) is 31.9 Å². The van der Waals surface area contributed by atoms with E-state index in [1.807, 2.05) is 30.6 Å². The Balaban J connectivity index is 1.94. The molecule has 1 N–H and O–H groups in total. The Labute approximate surface area is 120 Å². The van der Waals surface area contributed by atoms with Crippen molar-refractivity contribution in [3.8, 4) is 0 Å². The molecule has 20 heavy (non-hydrogen) atoms. The molecule has 2 aromatic heterocycles. The molecule has 0 saturated heterocycles. The molecule has 0 bridgehead atoms. The number of furan rings is 1. The van der Waals surface area contributed by atoms with E-state index in [2.05, 4.69) is 35.1 Å². The van der Waals surface area contributed by atoms with Gasteiger partial charge in [-0.1, -0.05) is 13.8 Å². The summed E-state index contributed by atoms with van der Waals surface area (Å²) < 4.78 is 5.59. The van der Waals surface area contributed by atoms with E-state index in [1.54, 1.807) is 6.26 Å². The van der Waals surface area contributed by atoms with Gasteiger partial charge in [0.25, 0.3) is 0 Å². The maximum atomic E-state index is 5.59. The largest absolute Gasteiger partial charge is 0.468 e. The number of likely N-dealkylation sites (N-methyl/N-ethyl adjacent to an activating group) is 1. The minimum absolute atomic E-state index is 0.279. The summed E-state index contributed by atoms with van der Waals surface area (Å²) in [6.07, 6.45) is 5.39. The average Bonchev–Trinajstić information content (AvgIpc) is 3.02. The van der Waals surface area contributed by atoms with E-state index in [1.165, 1.54) is 5.56 Å². The lowest BCUT2D eigenvalue weighted by Crippen LogP contribution is -2.35. The number of hydrogen-bond acceptors (Lipinski definition) is 4. The molecule has 0 fully saturated rings. The van der Waals surface area contributed by atoms with Crippen LogP contribution in [0.4, 0.5) is 0 Å². The molecular formula is C16H23N3O. The van der Waals surface area contributed by atoms with Crippen molar-refractivity contribution in [3.63, 3.8) is 0 Å². The first-order valence-electron chi connectivity index (χ1n) is 7.22. The monoisotopic (exact) mass is 273 g/mol. The van der Waals surface area contributed by atoms with Crippen LogP contribution in [0.15, 0.2) is 47.3 Å². The fourth-order valence-corrected chi connectivity index (χ4v) is 2.41. The van der Waals surface area contributed by atoms with Gasteiger partial charge in [-0.3, -0.25) is 9.88 Å². The Morgan fingerprint density at radius 2 is 1.95 bits per heavy atom. The van der Waals surface area contributed by atoms with Crippen molar-refractivity contribution >= 4 is 0 Å². The fourth-order valence-electron chi connectivity index (χ4n) is 2.41. The Morgan fingerprint density at radius 1 is 1.20 bits per heavy atom. The first kappa shape index (κ1) is 14.8. The minimum atomic E-state index is 0.279. The lowest BCUT2D eigenvalue weighted by Gasteiger charge is -2.28. The van der Waals surface area contributed by atoms with E-state index in [9.17, 15) is 0 Å². The van der Waals surface area contributed by atoms with E-state index in [-0.39, 0.29) is 6.04 Å². The molecule has 2 aromatic rings. The zero-order valence-electron chi connectivity index (χ0n) is 12.2. The lowest BCUT2D eigenvalue weighted by molar-refractivity contribution is 0.188. The van der Waals surface area contributed by atoms with Crippen molar-refractivity contribution in [1.29, 1.82) is 0 Å². The molecule has 0 aliphatic carbocycles. The molecule has 0 aliphatic heterocycles. The van der Waals surface area contributed by atoms with Crippen molar-refractivity contribution < 1.29 is 4.42 Å². The third-order valence-corrected chi connectivity index (χ3v) is 3.54. The highest BCUT2D eigenvalue weighted by atomic mass is 16.3. The van der Waals surface area contributed by atoms with Crippen LogP contribution in [-0.2, 0) is 6.54 Å². The second kappa shape index (κ2) is 7.82. The Hall–Kier alpha value is -1.65. The summed E-state index contributed by atoms with van der Waals surface area (Å²) in [5.41, 5.74) is 1.25. The predicted octanol–water partition coefficient (Wildman–Crippen LogP) is 2.85. The Bertz CT molecular complexity index is 466. The normalized spacial score (nSPS) is 12.8. The topological polar surface area (TPSA) is 41.3 Å². The van der Waals surface area contributed by atoms with Crippen LogP contribution in [0, 0.1) is 0 Å². The van der Waals surface area contributed by atoms with Crippen molar-refractivity contribution in [2.24, 2.45) is 0 Å². The van der Waals surface area contributed by atoms with Crippen LogP contribution >= 0.6 is 0 Å². The van der Waals surface area contributed by atoms with Crippen LogP contribution in [0.1, 0.15) is 31.2 Å². The third-order valence-electron chi connectivity index (χ3n) is 3.54. The summed E-state index contributed by atoms with van der Waals surface area (Å²) in [5.74, 6) is 1.02. The number of rotatable bonds is 8. The Kier molecular flexibility index (Phi) is 5.77. The molecule has 1 atom stereocenters. The van der Waals surface area contributed by atoms with Crippen molar-refractivity contribution in [3.05, 3.63) is 54.2 Å². The molecular weight excluding hydrogens is 250 g/mol. The molecule has 4 heteroatoms. The second-order valence-electron chi connectivity index (χ2n) is 4.74. The number of hydrogen-bond donors (Lipinski definition) is 1. The van der Waals surface area contributed by atoms with Crippen LogP contribution in [-0.4, -0.2) is 29.5 Å². The zero-order valence-corrected chi connectivity index (χ0v) is 12.2. The molecule has 0 amide bonds. The molecule has 2 heterocycles. The quantitative estimate of drug-likeness (QED) is 0.803. The number of pyridine rings is 1. The summed E-state index contributed by atoms with van der Waals surface area (Å²) in [7, 11) is 0. The van der Waals surface area contributed by atoms with E-state index in [0.29, 0.717) is 0 Å². The molecule has 0 aromatic carbocycles. The maximum absolute atomic E-state index is 5.59. The van der Waals surface area contributed by atoms with Gasteiger partial charge in [-0.05, 0) is 42.9 Å². The average molecular weight is 273 g/mol. The Morgan fingerprint density at radius 3 is 2.55 bits per heavy atom. The van der Waals surface area contributed by atoms with E-state index in [4.69, 9.17) is 4.42 Å². The van der Waals surface area contributed by atoms with Gasteiger partial charge >= 0.3 is 0 Å². The van der Waals surface area contributed by atoms with Gasteiger partial charge in [-0.15, -0.1) is 0 Å². The van der Waals surface area contributed by atoms with Crippen LogP contribution in [0.3, 0.4) is 0 Å². The SMILES string of the molecule is CCN(CC)C(CNCc1ccncc1)c1ccco1. The summed E-state index contributed by atoms with van der Waals surface area (Å²) in [4.78, 5) is 6.43. The first-order valence-corrected chi connectivity index (χ1v) is 7.22. The highest BCUT2D eigenvalue weighted by Gasteiger charge is 2.19. The molecule has 4 nitrogen and oxygen atoms in total. The fraction of sp³-hybridized carbons (Fsp3) is 0.438. The van der Waals surface area contributed by atoms with Crippen LogP contribution in [0.5, 0.6) is 0 Å². The molecule has 1 unspecified atom stereocenters. The molecule has 0 saturated carbocycles. The van der Waals surface area contributed by atoms with Gasteiger partial charge in [0.1, 0.15) is 5.76 Å². The van der Waals surface area contributed by atoms with Crippen LogP contribution < -0.4 is 5.32 Å². The molecule has 108 valence electrons. The van der Waals surface area contributed by atoms with Gasteiger partial charge in [0.05, 0.1) is 12.3 Å². The summed E-state index contributed by atoms with van der Waals surface area (Å²) >= 11 is 0. The second-order valence-corrected chi connectivity index (χ2v) is 4.74. The van der Waals surface area contributed by atoms with Gasteiger partial charge in [0.2, 0.25) is 0 Å². The van der Waals surface area contributed by atoms with E-state index < -0.39 is 0 Å². The molecule has 0 aliphatic rings. The van der Waals surface area contributed by atoms with Crippen LogP contribution in [0.2, 0.25) is 0 Å².